The summed E-state index contributed by atoms with van der Waals surface area (Å²) in [4.78, 5) is 0. The Morgan fingerprint density at radius 2 is 1.75 bits per heavy atom. The monoisotopic (exact) mass is 273 g/mol. The van der Waals surface area contributed by atoms with Crippen molar-refractivity contribution in [3.8, 4) is 0 Å². The summed E-state index contributed by atoms with van der Waals surface area (Å²) in [7, 11) is 0. The molecule has 0 aliphatic rings. The van der Waals surface area contributed by atoms with Crippen LogP contribution in [0.25, 0.3) is 0 Å². The highest BCUT2D eigenvalue weighted by molar-refractivity contribution is 5.40. The molecule has 1 heteroatoms. The van der Waals surface area contributed by atoms with Crippen molar-refractivity contribution in [1.29, 1.82) is 0 Å². The molecule has 0 aliphatic carbocycles. The van der Waals surface area contributed by atoms with Gasteiger partial charge in [-0.3, -0.25) is 0 Å². The molecule has 0 aromatic heterocycles. The van der Waals surface area contributed by atoms with Crippen LogP contribution in [-0.4, -0.2) is 6.04 Å². The molecule has 0 fully saturated rings. The molecule has 2 N–H and O–H groups in total. The molecule has 1 aromatic rings. The zero-order valence-electron chi connectivity index (χ0n) is 13.9. The van der Waals surface area contributed by atoms with Gasteiger partial charge in [0.15, 0.2) is 0 Å². The summed E-state index contributed by atoms with van der Waals surface area (Å²) in [5.41, 5.74) is 12.1. The maximum absolute atomic E-state index is 6.27. The van der Waals surface area contributed by atoms with Gasteiger partial charge in [-0.2, -0.15) is 0 Å². The molecule has 1 unspecified atom stereocenters. The first-order valence-corrected chi connectivity index (χ1v) is 7.72. The number of hydrogen-bond acceptors (Lipinski definition) is 1. The van der Waals surface area contributed by atoms with E-state index >= 15 is 0 Å². The van der Waals surface area contributed by atoms with Crippen molar-refractivity contribution in [2.75, 3.05) is 0 Å². The first-order valence-electron chi connectivity index (χ1n) is 7.72. The van der Waals surface area contributed by atoms with Crippen LogP contribution < -0.4 is 5.73 Å². The molecule has 1 atom stereocenters. The minimum absolute atomic E-state index is 0.208. The van der Waals surface area contributed by atoms with Crippen molar-refractivity contribution in [2.24, 2.45) is 5.73 Å². The summed E-state index contributed by atoms with van der Waals surface area (Å²) in [5.74, 6) is 0. The fraction of sp³-hybridized carbons (Fsp3) is 0.579. The van der Waals surface area contributed by atoms with E-state index in [2.05, 4.69) is 53.3 Å². The van der Waals surface area contributed by atoms with Crippen molar-refractivity contribution in [2.45, 2.75) is 71.8 Å². The van der Waals surface area contributed by atoms with Gasteiger partial charge >= 0.3 is 0 Å². The maximum Gasteiger partial charge on any atom is 0.00796 e. The molecule has 0 heterocycles. The third-order valence-corrected chi connectivity index (χ3v) is 4.01. The average molecular weight is 273 g/mol. The van der Waals surface area contributed by atoms with Crippen LogP contribution in [-0.2, 0) is 11.8 Å². The highest BCUT2D eigenvalue weighted by atomic mass is 14.6. The topological polar surface area (TPSA) is 26.0 Å². The van der Waals surface area contributed by atoms with Gasteiger partial charge in [-0.05, 0) is 67.2 Å². The van der Waals surface area contributed by atoms with Gasteiger partial charge in [0, 0.05) is 6.04 Å². The van der Waals surface area contributed by atoms with Crippen LogP contribution in [0, 0.1) is 13.8 Å². The highest BCUT2D eigenvalue weighted by Crippen LogP contribution is 2.27. The Morgan fingerprint density at radius 1 is 1.20 bits per heavy atom. The van der Waals surface area contributed by atoms with Gasteiger partial charge in [0.1, 0.15) is 0 Å². The highest BCUT2D eigenvalue weighted by Gasteiger charge is 2.17. The maximum atomic E-state index is 6.27. The van der Waals surface area contributed by atoms with Crippen molar-refractivity contribution < 1.29 is 0 Å². The van der Waals surface area contributed by atoms with Crippen LogP contribution in [0.5, 0.6) is 0 Å². The third kappa shape index (κ3) is 4.79. The smallest absolute Gasteiger partial charge is 0.00796 e. The van der Waals surface area contributed by atoms with E-state index in [1.807, 2.05) is 6.08 Å². The van der Waals surface area contributed by atoms with Crippen molar-refractivity contribution in [3.63, 3.8) is 0 Å². The lowest BCUT2D eigenvalue weighted by atomic mass is 9.82. The van der Waals surface area contributed by atoms with Crippen molar-refractivity contribution >= 4 is 0 Å². The largest absolute Gasteiger partial charge is 0.327 e. The summed E-state index contributed by atoms with van der Waals surface area (Å²) in [6.45, 7) is 15.0. The predicted octanol–water partition coefficient (Wildman–Crippen LogP) is 4.83. The van der Waals surface area contributed by atoms with Gasteiger partial charge in [-0.1, -0.05) is 39.0 Å². The number of aryl methyl sites for hydroxylation is 2. The van der Waals surface area contributed by atoms with Crippen LogP contribution >= 0.6 is 0 Å². The Balaban J connectivity index is 2.84. The fourth-order valence-corrected chi connectivity index (χ4v) is 2.64. The minimum Gasteiger partial charge on any atom is -0.327 e. The zero-order chi connectivity index (χ0) is 15.3. The average Bonchev–Trinajstić information content (AvgIpc) is 2.32. The van der Waals surface area contributed by atoms with E-state index in [1.165, 1.54) is 22.3 Å². The van der Waals surface area contributed by atoms with E-state index in [4.69, 9.17) is 5.73 Å². The second-order valence-corrected chi connectivity index (χ2v) is 7.02. The third-order valence-electron chi connectivity index (χ3n) is 4.01. The molecular formula is C19H31N. The van der Waals surface area contributed by atoms with Gasteiger partial charge in [-0.25, -0.2) is 0 Å². The van der Waals surface area contributed by atoms with E-state index in [-0.39, 0.29) is 11.5 Å². The number of allylic oxidation sites excluding steroid dienone is 1. The molecule has 0 bridgehead atoms. The normalized spacial score (nSPS) is 13.3. The Morgan fingerprint density at radius 3 is 2.20 bits per heavy atom. The zero-order valence-corrected chi connectivity index (χ0v) is 13.9. The summed E-state index contributed by atoms with van der Waals surface area (Å²) in [6.07, 6.45) is 6.24. The molecule has 0 radical (unpaired) electrons. The summed E-state index contributed by atoms with van der Waals surface area (Å²) < 4.78 is 0. The summed E-state index contributed by atoms with van der Waals surface area (Å²) >= 11 is 0. The van der Waals surface area contributed by atoms with Crippen LogP contribution in [0.1, 0.15) is 62.3 Å². The Bertz CT molecular complexity index is 428. The van der Waals surface area contributed by atoms with Crippen LogP contribution in [0.4, 0.5) is 0 Å². The minimum atomic E-state index is 0.208. The van der Waals surface area contributed by atoms with E-state index < -0.39 is 0 Å². The molecule has 0 amide bonds. The molecule has 1 rings (SSSR count). The molecule has 20 heavy (non-hydrogen) atoms. The molecule has 112 valence electrons. The lowest BCUT2D eigenvalue weighted by molar-refractivity contribution is 0.576. The van der Waals surface area contributed by atoms with Crippen molar-refractivity contribution in [3.05, 3.63) is 47.0 Å². The summed E-state index contributed by atoms with van der Waals surface area (Å²) in [6, 6.07) is 4.92. The Hall–Kier alpha value is -1.08. The van der Waals surface area contributed by atoms with Gasteiger partial charge in [-0.15, -0.1) is 6.58 Å². The van der Waals surface area contributed by atoms with Gasteiger partial charge in [0.2, 0.25) is 0 Å². The van der Waals surface area contributed by atoms with Crippen molar-refractivity contribution in [1.82, 2.24) is 0 Å². The van der Waals surface area contributed by atoms with E-state index in [9.17, 15) is 0 Å². The van der Waals surface area contributed by atoms with Gasteiger partial charge in [0.25, 0.3) is 0 Å². The second kappa shape index (κ2) is 7.08. The molecule has 0 saturated heterocycles. The molecule has 1 nitrogen and oxygen atoms in total. The van der Waals surface area contributed by atoms with E-state index in [0.717, 1.165) is 25.7 Å². The molecule has 0 spiro atoms. The molecular weight excluding hydrogens is 242 g/mol. The summed E-state index contributed by atoms with van der Waals surface area (Å²) in [5, 5.41) is 0. The molecule has 1 aromatic carbocycles. The van der Waals surface area contributed by atoms with Gasteiger partial charge < -0.3 is 5.73 Å². The first kappa shape index (κ1) is 17.0. The Labute approximate surface area is 125 Å². The number of benzene rings is 1. The lowest BCUT2D eigenvalue weighted by Gasteiger charge is -2.23. The predicted molar refractivity (Wildman–Crippen MR) is 90.3 cm³/mol. The second-order valence-electron chi connectivity index (χ2n) is 7.02. The van der Waals surface area contributed by atoms with Crippen LogP contribution in [0.15, 0.2) is 24.8 Å². The first-order chi connectivity index (χ1) is 9.25. The van der Waals surface area contributed by atoms with Crippen LogP contribution in [0.3, 0.4) is 0 Å². The van der Waals surface area contributed by atoms with E-state index in [0.29, 0.717) is 0 Å². The van der Waals surface area contributed by atoms with Crippen LogP contribution in [0.2, 0.25) is 0 Å². The molecule has 0 saturated carbocycles. The lowest BCUT2D eigenvalue weighted by Crippen LogP contribution is -2.24. The fourth-order valence-electron chi connectivity index (χ4n) is 2.64. The van der Waals surface area contributed by atoms with Gasteiger partial charge in [0.05, 0.1) is 0 Å². The van der Waals surface area contributed by atoms with E-state index in [1.54, 1.807) is 0 Å². The SMILES string of the molecule is C=CCCCC(N)Cc1c(C)cc(C(C)(C)C)cc1C. The number of hydrogen-bond donors (Lipinski definition) is 1. The Kier molecular flexibility index (Phi) is 6.01. The standard InChI is InChI=1S/C19H31N/c1-7-8-9-10-17(20)13-18-14(2)11-16(12-15(18)3)19(4,5)6/h7,11-12,17H,1,8-10,13,20H2,2-6H3. The number of unbranched alkanes of at least 4 members (excludes halogenated alkanes) is 1. The quantitative estimate of drug-likeness (QED) is 0.583. The number of rotatable bonds is 6. The molecule has 0 aliphatic heterocycles. The number of nitrogens with two attached hydrogens (primary N) is 1.